The number of ether oxygens (including phenoxy) is 1. The Kier molecular flexibility index (Phi) is 3.50. The van der Waals surface area contributed by atoms with Crippen molar-refractivity contribution in [1.29, 1.82) is 0 Å². The van der Waals surface area contributed by atoms with Gasteiger partial charge in [0.1, 0.15) is 0 Å². The molecule has 0 spiro atoms. The third-order valence-electron chi connectivity index (χ3n) is 3.44. The van der Waals surface area contributed by atoms with Gasteiger partial charge in [-0.25, -0.2) is 4.79 Å². The average molecular weight is 236 g/mol. The molecule has 0 bridgehead atoms. The second-order valence-electron chi connectivity index (χ2n) is 4.64. The molecule has 0 saturated heterocycles. The number of aromatic nitrogens is 2. The quantitative estimate of drug-likeness (QED) is 0.738. The van der Waals surface area contributed by atoms with E-state index in [4.69, 9.17) is 4.74 Å². The third-order valence-corrected chi connectivity index (χ3v) is 3.44. The first-order chi connectivity index (χ1) is 8.21. The molecule has 1 aliphatic carbocycles. The van der Waals surface area contributed by atoms with E-state index >= 15 is 0 Å². The molecule has 0 amide bonds. The largest absolute Gasteiger partial charge is 0.464 e. The molecule has 1 aliphatic rings. The lowest BCUT2D eigenvalue weighted by Crippen LogP contribution is -2.13. The van der Waals surface area contributed by atoms with Crippen molar-refractivity contribution in [3.8, 4) is 0 Å². The predicted molar refractivity (Wildman–Crippen MR) is 65.2 cm³/mol. The zero-order valence-electron chi connectivity index (χ0n) is 10.8. The molecule has 1 saturated carbocycles. The fourth-order valence-corrected chi connectivity index (χ4v) is 2.22. The maximum Gasteiger partial charge on any atom is 0.358 e. The topological polar surface area (TPSA) is 44.1 Å². The minimum atomic E-state index is -0.336. The molecule has 1 fully saturated rings. The predicted octanol–water partition coefficient (Wildman–Crippen LogP) is 2.91. The van der Waals surface area contributed by atoms with Crippen molar-refractivity contribution in [1.82, 2.24) is 9.78 Å². The second kappa shape index (κ2) is 4.90. The summed E-state index contributed by atoms with van der Waals surface area (Å²) in [7, 11) is 1.40. The zero-order valence-corrected chi connectivity index (χ0v) is 10.8. The van der Waals surface area contributed by atoms with Crippen LogP contribution in [0.4, 0.5) is 0 Å². The molecule has 1 aromatic heterocycles. The van der Waals surface area contributed by atoms with Crippen LogP contribution in [0, 0.1) is 0 Å². The van der Waals surface area contributed by atoms with E-state index in [-0.39, 0.29) is 5.97 Å². The lowest BCUT2D eigenvalue weighted by molar-refractivity contribution is 0.0592. The van der Waals surface area contributed by atoms with E-state index < -0.39 is 0 Å². The third kappa shape index (κ3) is 2.35. The highest BCUT2D eigenvalue weighted by Crippen LogP contribution is 2.41. The highest BCUT2D eigenvalue weighted by Gasteiger charge is 2.30. The van der Waals surface area contributed by atoms with Crippen LogP contribution in [0.2, 0.25) is 0 Å². The molecule has 17 heavy (non-hydrogen) atoms. The SMILES string of the molecule is CCC(CC)n1nc(C(=O)OC)cc1C1CC1. The van der Waals surface area contributed by atoms with Crippen molar-refractivity contribution in [2.24, 2.45) is 0 Å². The fourth-order valence-electron chi connectivity index (χ4n) is 2.22. The first-order valence-corrected chi connectivity index (χ1v) is 6.39. The summed E-state index contributed by atoms with van der Waals surface area (Å²) in [5.41, 5.74) is 1.65. The van der Waals surface area contributed by atoms with E-state index in [1.165, 1.54) is 25.6 Å². The van der Waals surface area contributed by atoms with Crippen molar-refractivity contribution < 1.29 is 9.53 Å². The molecule has 1 aromatic rings. The smallest absolute Gasteiger partial charge is 0.358 e. The highest BCUT2D eigenvalue weighted by atomic mass is 16.5. The normalized spacial score (nSPS) is 15.3. The van der Waals surface area contributed by atoms with Crippen LogP contribution in [0.5, 0.6) is 0 Å². The summed E-state index contributed by atoms with van der Waals surface area (Å²) in [6.07, 6.45) is 4.51. The van der Waals surface area contributed by atoms with E-state index in [0.717, 1.165) is 12.8 Å². The average Bonchev–Trinajstić information content (AvgIpc) is 3.11. The molecule has 2 rings (SSSR count). The van der Waals surface area contributed by atoms with E-state index in [9.17, 15) is 4.79 Å². The Morgan fingerprint density at radius 1 is 1.53 bits per heavy atom. The fraction of sp³-hybridized carbons (Fsp3) is 0.692. The van der Waals surface area contributed by atoms with Crippen LogP contribution in [0.15, 0.2) is 6.07 Å². The number of methoxy groups -OCH3 is 1. The van der Waals surface area contributed by atoms with Gasteiger partial charge in [-0.1, -0.05) is 13.8 Å². The molecule has 0 radical (unpaired) electrons. The van der Waals surface area contributed by atoms with Crippen molar-refractivity contribution in [3.05, 3.63) is 17.5 Å². The van der Waals surface area contributed by atoms with Gasteiger partial charge in [0.05, 0.1) is 13.2 Å². The number of carbonyl (C=O) groups excluding carboxylic acids is 1. The van der Waals surface area contributed by atoms with E-state index in [1.54, 1.807) is 0 Å². The Morgan fingerprint density at radius 3 is 2.65 bits per heavy atom. The molecule has 0 atom stereocenters. The van der Waals surface area contributed by atoms with Gasteiger partial charge in [0.15, 0.2) is 5.69 Å². The van der Waals surface area contributed by atoms with Crippen LogP contribution in [-0.4, -0.2) is 22.9 Å². The van der Waals surface area contributed by atoms with Gasteiger partial charge in [0.25, 0.3) is 0 Å². The Morgan fingerprint density at radius 2 is 2.18 bits per heavy atom. The first-order valence-electron chi connectivity index (χ1n) is 6.39. The zero-order chi connectivity index (χ0) is 12.4. The molecular weight excluding hydrogens is 216 g/mol. The molecule has 4 nitrogen and oxygen atoms in total. The molecule has 0 unspecified atom stereocenters. The molecule has 94 valence electrons. The summed E-state index contributed by atoms with van der Waals surface area (Å²) in [5, 5.41) is 4.43. The van der Waals surface area contributed by atoms with Crippen molar-refractivity contribution in [2.75, 3.05) is 7.11 Å². The second-order valence-corrected chi connectivity index (χ2v) is 4.64. The van der Waals surface area contributed by atoms with Crippen LogP contribution in [0.3, 0.4) is 0 Å². The minimum Gasteiger partial charge on any atom is -0.464 e. The van der Waals surface area contributed by atoms with Gasteiger partial charge in [-0.2, -0.15) is 5.10 Å². The molecule has 1 heterocycles. The van der Waals surface area contributed by atoms with Crippen LogP contribution in [0.25, 0.3) is 0 Å². The Balaban J connectivity index is 2.34. The van der Waals surface area contributed by atoms with Gasteiger partial charge in [-0.05, 0) is 31.7 Å². The van der Waals surface area contributed by atoms with Crippen LogP contribution in [-0.2, 0) is 4.74 Å². The Bertz CT molecular complexity index is 404. The molecule has 0 aromatic carbocycles. The van der Waals surface area contributed by atoms with Crippen molar-refractivity contribution in [3.63, 3.8) is 0 Å². The molecule has 4 heteroatoms. The van der Waals surface area contributed by atoms with Gasteiger partial charge in [-0.3, -0.25) is 4.68 Å². The van der Waals surface area contributed by atoms with Crippen LogP contribution in [0.1, 0.15) is 67.7 Å². The first kappa shape index (κ1) is 12.1. The summed E-state index contributed by atoms with van der Waals surface area (Å²) in [5.74, 6) is 0.262. The standard InChI is InChI=1S/C13H20N2O2/c1-4-10(5-2)15-12(9-6-7-9)8-11(14-15)13(16)17-3/h8-10H,4-7H2,1-3H3. The number of carbonyl (C=O) groups is 1. The van der Waals surface area contributed by atoms with Gasteiger partial charge in [-0.15, -0.1) is 0 Å². The number of hydrogen-bond donors (Lipinski definition) is 0. The number of nitrogens with zero attached hydrogens (tertiary/aromatic N) is 2. The van der Waals surface area contributed by atoms with Crippen molar-refractivity contribution >= 4 is 5.97 Å². The van der Waals surface area contributed by atoms with E-state index in [0.29, 0.717) is 17.7 Å². The number of esters is 1. The monoisotopic (exact) mass is 236 g/mol. The maximum atomic E-state index is 11.5. The summed E-state index contributed by atoms with van der Waals surface area (Å²) in [6, 6.07) is 2.30. The lowest BCUT2D eigenvalue weighted by atomic mass is 10.1. The molecular formula is C13H20N2O2. The van der Waals surface area contributed by atoms with Crippen molar-refractivity contribution in [2.45, 2.75) is 51.5 Å². The lowest BCUT2D eigenvalue weighted by Gasteiger charge is -2.16. The summed E-state index contributed by atoms with van der Waals surface area (Å²) in [6.45, 7) is 4.31. The van der Waals surface area contributed by atoms with Gasteiger partial charge in [0, 0.05) is 11.6 Å². The van der Waals surface area contributed by atoms with E-state index in [2.05, 4.69) is 18.9 Å². The number of hydrogen-bond acceptors (Lipinski definition) is 3. The highest BCUT2D eigenvalue weighted by molar-refractivity contribution is 5.87. The Labute approximate surface area is 102 Å². The maximum absolute atomic E-state index is 11.5. The minimum absolute atomic E-state index is 0.336. The molecule has 0 N–H and O–H groups in total. The van der Waals surface area contributed by atoms with Gasteiger partial charge < -0.3 is 4.74 Å². The van der Waals surface area contributed by atoms with E-state index in [1.807, 2.05) is 10.7 Å². The van der Waals surface area contributed by atoms with Crippen LogP contribution >= 0.6 is 0 Å². The molecule has 0 aliphatic heterocycles. The summed E-state index contributed by atoms with van der Waals surface area (Å²) < 4.78 is 6.78. The van der Waals surface area contributed by atoms with Gasteiger partial charge >= 0.3 is 5.97 Å². The summed E-state index contributed by atoms with van der Waals surface area (Å²) in [4.78, 5) is 11.5. The number of rotatable bonds is 5. The summed E-state index contributed by atoms with van der Waals surface area (Å²) >= 11 is 0. The van der Waals surface area contributed by atoms with Gasteiger partial charge in [0.2, 0.25) is 0 Å². The van der Waals surface area contributed by atoms with Crippen LogP contribution < -0.4 is 0 Å². The Hall–Kier alpha value is -1.32.